The third-order valence-electron chi connectivity index (χ3n) is 2.00. The highest BCUT2D eigenvalue weighted by Crippen LogP contribution is 2.21. The molecule has 0 fully saturated rings. The largest absolute Gasteiger partial charge is 0.460 e. The normalized spacial score (nSPS) is 10.5. The van der Waals surface area contributed by atoms with Crippen LogP contribution < -0.4 is 5.32 Å². The lowest BCUT2D eigenvalue weighted by Crippen LogP contribution is -2.03. The van der Waals surface area contributed by atoms with Gasteiger partial charge >= 0.3 is 0 Å². The number of nitrogens with zero attached hydrogens (tertiary/aromatic N) is 1. The number of nitrogens with one attached hydrogen (secondary N) is 1. The van der Waals surface area contributed by atoms with Gasteiger partial charge in [0.15, 0.2) is 0 Å². The van der Waals surface area contributed by atoms with Gasteiger partial charge < -0.3 is 9.73 Å². The molecule has 0 aliphatic heterocycles. The number of aromatic nitrogens is 1. The van der Waals surface area contributed by atoms with Crippen LogP contribution in [0.15, 0.2) is 35.0 Å². The van der Waals surface area contributed by atoms with Crippen molar-refractivity contribution in [3.63, 3.8) is 0 Å². The predicted octanol–water partition coefficient (Wildman–Crippen LogP) is 2.20. The summed E-state index contributed by atoms with van der Waals surface area (Å²) < 4.78 is 18.4. The number of halogens is 1. The van der Waals surface area contributed by atoms with E-state index in [9.17, 15) is 4.39 Å². The van der Waals surface area contributed by atoms with Crippen molar-refractivity contribution in [1.82, 2.24) is 10.3 Å². The Kier molecular flexibility index (Phi) is 2.78. The summed E-state index contributed by atoms with van der Waals surface area (Å²) in [5, 5.41) is 2.98. The van der Waals surface area contributed by atoms with Crippen LogP contribution in [-0.4, -0.2) is 12.0 Å². The highest BCUT2D eigenvalue weighted by atomic mass is 19.1. The first-order valence-corrected chi connectivity index (χ1v) is 4.64. The first-order valence-electron chi connectivity index (χ1n) is 4.64. The first-order chi connectivity index (χ1) is 7.29. The number of hydrogen-bond acceptors (Lipinski definition) is 3. The first kappa shape index (κ1) is 9.86. The predicted molar refractivity (Wildman–Crippen MR) is 54.7 cm³/mol. The Balaban J connectivity index is 2.29. The lowest BCUT2D eigenvalue weighted by Gasteiger charge is -1.96. The number of rotatable bonds is 3. The van der Waals surface area contributed by atoms with E-state index in [4.69, 9.17) is 4.42 Å². The minimum absolute atomic E-state index is 0.362. The van der Waals surface area contributed by atoms with E-state index in [1.165, 1.54) is 12.3 Å². The molecule has 2 rings (SSSR count). The standard InChI is InChI=1S/C11H11FN2O/c1-13-7-10-2-3-11(15-10)8-4-9(12)6-14-5-8/h2-6,13H,7H2,1H3. The molecule has 3 nitrogen and oxygen atoms in total. The lowest BCUT2D eigenvalue weighted by atomic mass is 10.2. The summed E-state index contributed by atoms with van der Waals surface area (Å²) in [6, 6.07) is 5.06. The van der Waals surface area contributed by atoms with Crippen molar-refractivity contribution in [3.05, 3.63) is 42.2 Å². The summed E-state index contributed by atoms with van der Waals surface area (Å²) in [4.78, 5) is 3.77. The molecular weight excluding hydrogens is 195 g/mol. The van der Waals surface area contributed by atoms with Gasteiger partial charge in [0.05, 0.1) is 12.7 Å². The van der Waals surface area contributed by atoms with Crippen LogP contribution in [0.2, 0.25) is 0 Å². The third kappa shape index (κ3) is 2.22. The van der Waals surface area contributed by atoms with Crippen molar-refractivity contribution >= 4 is 0 Å². The molecule has 0 aliphatic carbocycles. The number of hydrogen-bond donors (Lipinski definition) is 1. The highest BCUT2D eigenvalue weighted by molar-refractivity contribution is 5.55. The summed E-state index contributed by atoms with van der Waals surface area (Å²) in [7, 11) is 1.84. The molecule has 2 heterocycles. The zero-order chi connectivity index (χ0) is 10.7. The maximum Gasteiger partial charge on any atom is 0.142 e. The zero-order valence-electron chi connectivity index (χ0n) is 8.33. The van der Waals surface area contributed by atoms with Gasteiger partial charge in [-0.15, -0.1) is 0 Å². The fraction of sp³-hybridized carbons (Fsp3) is 0.182. The van der Waals surface area contributed by atoms with E-state index >= 15 is 0 Å². The zero-order valence-corrected chi connectivity index (χ0v) is 8.33. The van der Waals surface area contributed by atoms with Crippen molar-refractivity contribution in [3.8, 4) is 11.3 Å². The fourth-order valence-electron chi connectivity index (χ4n) is 1.35. The average Bonchev–Trinajstić information content (AvgIpc) is 2.67. The Morgan fingerprint density at radius 2 is 2.27 bits per heavy atom. The molecule has 2 aromatic rings. The molecule has 0 aliphatic rings. The molecule has 0 bridgehead atoms. The van der Waals surface area contributed by atoms with Gasteiger partial charge in [-0.2, -0.15) is 0 Å². The van der Waals surface area contributed by atoms with Crippen LogP contribution >= 0.6 is 0 Å². The van der Waals surface area contributed by atoms with Crippen molar-refractivity contribution < 1.29 is 8.81 Å². The van der Waals surface area contributed by atoms with E-state index in [2.05, 4.69) is 10.3 Å². The highest BCUT2D eigenvalue weighted by Gasteiger charge is 2.05. The van der Waals surface area contributed by atoms with Gasteiger partial charge in [0.25, 0.3) is 0 Å². The Hall–Kier alpha value is -1.68. The molecule has 0 spiro atoms. The summed E-state index contributed by atoms with van der Waals surface area (Å²) in [5.74, 6) is 1.09. The smallest absolute Gasteiger partial charge is 0.142 e. The average molecular weight is 206 g/mol. The van der Waals surface area contributed by atoms with Gasteiger partial charge in [-0.05, 0) is 25.2 Å². The van der Waals surface area contributed by atoms with E-state index in [-0.39, 0.29) is 5.82 Å². The van der Waals surface area contributed by atoms with Crippen LogP contribution in [0.3, 0.4) is 0 Å². The summed E-state index contributed by atoms with van der Waals surface area (Å²) in [5.41, 5.74) is 0.650. The minimum Gasteiger partial charge on any atom is -0.460 e. The molecular formula is C11H11FN2O. The lowest BCUT2D eigenvalue weighted by molar-refractivity contribution is 0.506. The van der Waals surface area contributed by atoms with Gasteiger partial charge in [0.2, 0.25) is 0 Å². The second kappa shape index (κ2) is 4.23. The van der Waals surface area contributed by atoms with Crippen molar-refractivity contribution in [1.29, 1.82) is 0 Å². The van der Waals surface area contributed by atoms with Gasteiger partial charge in [-0.3, -0.25) is 4.98 Å². The second-order valence-electron chi connectivity index (χ2n) is 3.19. The van der Waals surface area contributed by atoms with Crippen LogP contribution in [0, 0.1) is 5.82 Å². The van der Waals surface area contributed by atoms with E-state index < -0.39 is 0 Å². The Bertz CT molecular complexity index is 453. The van der Waals surface area contributed by atoms with Crippen LogP contribution in [0.5, 0.6) is 0 Å². The van der Waals surface area contributed by atoms with Crippen molar-refractivity contribution in [2.24, 2.45) is 0 Å². The maximum atomic E-state index is 12.9. The Morgan fingerprint density at radius 1 is 1.40 bits per heavy atom. The second-order valence-corrected chi connectivity index (χ2v) is 3.19. The summed E-state index contributed by atoms with van der Waals surface area (Å²) in [6.07, 6.45) is 2.74. The van der Waals surface area contributed by atoms with Gasteiger partial charge in [0, 0.05) is 11.8 Å². The molecule has 78 valence electrons. The van der Waals surface area contributed by atoms with Crippen LogP contribution in [0.25, 0.3) is 11.3 Å². The van der Waals surface area contributed by atoms with E-state index in [1.807, 2.05) is 19.2 Å². The molecule has 0 radical (unpaired) electrons. The molecule has 0 unspecified atom stereocenters. The Morgan fingerprint density at radius 3 is 3.00 bits per heavy atom. The molecule has 0 atom stereocenters. The molecule has 1 N–H and O–H groups in total. The molecule has 15 heavy (non-hydrogen) atoms. The van der Waals surface area contributed by atoms with E-state index in [1.54, 1.807) is 6.20 Å². The van der Waals surface area contributed by atoms with Crippen LogP contribution in [0.1, 0.15) is 5.76 Å². The molecule has 4 heteroatoms. The van der Waals surface area contributed by atoms with Crippen LogP contribution in [-0.2, 0) is 6.54 Å². The molecule has 0 saturated carbocycles. The minimum atomic E-state index is -0.362. The van der Waals surface area contributed by atoms with Crippen molar-refractivity contribution in [2.75, 3.05) is 7.05 Å². The number of pyridine rings is 1. The monoisotopic (exact) mass is 206 g/mol. The SMILES string of the molecule is CNCc1ccc(-c2cncc(F)c2)o1. The van der Waals surface area contributed by atoms with Gasteiger partial charge in [-0.1, -0.05) is 0 Å². The summed E-state index contributed by atoms with van der Waals surface area (Å²) >= 11 is 0. The molecule has 0 amide bonds. The van der Waals surface area contributed by atoms with E-state index in [0.717, 1.165) is 5.76 Å². The molecule has 2 aromatic heterocycles. The maximum absolute atomic E-state index is 12.9. The molecule has 0 saturated heterocycles. The summed E-state index contributed by atoms with van der Waals surface area (Å²) in [6.45, 7) is 0.656. The van der Waals surface area contributed by atoms with Crippen LogP contribution in [0.4, 0.5) is 4.39 Å². The van der Waals surface area contributed by atoms with Crippen molar-refractivity contribution in [2.45, 2.75) is 6.54 Å². The van der Waals surface area contributed by atoms with E-state index in [0.29, 0.717) is 17.9 Å². The van der Waals surface area contributed by atoms with Gasteiger partial charge in [0.1, 0.15) is 17.3 Å². The topological polar surface area (TPSA) is 38.1 Å². The fourth-order valence-corrected chi connectivity index (χ4v) is 1.35. The Labute approximate surface area is 86.9 Å². The third-order valence-corrected chi connectivity index (χ3v) is 2.00. The number of furan rings is 1. The molecule has 0 aromatic carbocycles. The van der Waals surface area contributed by atoms with Gasteiger partial charge in [-0.25, -0.2) is 4.39 Å². The quantitative estimate of drug-likeness (QED) is 0.836.